The molecule has 1 aliphatic heterocycles. The van der Waals surface area contributed by atoms with Crippen LogP contribution in [-0.2, 0) is 9.59 Å². The van der Waals surface area contributed by atoms with Gasteiger partial charge in [0, 0.05) is 30.3 Å². The number of halogens is 1. The Hall–Kier alpha value is -2.80. The molecule has 142 valence electrons. The van der Waals surface area contributed by atoms with Crippen molar-refractivity contribution in [1.82, 2.24) is 10.2 Å². The van der Waals surface area contributed by atoms with Gasteiger partial charge in [0.1, 0.15) is 6.26 Å². The van der Waals surface area contributed by atoms with Crippen LogP contribution in [0.3, 0.4) is 0 Å². The molecule has 0 spiro atoms. The number of furan rings is 1. The molecule has 1 aliphatic rings. The van der Waals surface area contributed by atoms with Crippen LogP contribution < -0.4 is 10.6 Å². The second-order valence-electron chi connectivity index (χ2n) is 6.42. The smallest absolute Gasteiger partial charge is 0.313 e. The Kier molecular flexibility index (Phi) is 6.13. The normalized spacial score (nSPS) is 14.6. The first kappa shape index (κ1) is 19.0. The zero-order valence-corrected chi connectivity index (χ0v) is 15.4. The predicted molar refractivity (Wildman–Crippen MR) is 100 cm³/mol. The van der Waals surface area contributed by atoms with E-state index in [1.807, 2.05) is 0 Å². The summed E-state index contributed by atoms with van der Waals surface area (Å²) in [6.07, 6.45) is 4.45. The van der Waals surface area contributed by atoms with E-state index >= 15 is 0 Å². The monoisotopic (exact) mass is 389 g/mol. The highest BCUT2D eigenvalue weighted by Crippen LogP contribution is 2.19. The average Bonchev–Trinajstić information content (AvgIpc) is 3.22. The van der Waals surface area contributed by atoms with E-state index in [-0.39, 0.29) is 11.8 Å². The number of hydrogen-bond acceptors (Lipinski definition) is 4. The number of likely N-dealkylation sites (tertiary alicyclic amines) is 1. The molecule has 1 aromatic carbocycles. The van der Waals surface area contributed by atoms with Gasteiger partial charge in [0.25, 0.3) is 5.91 Å². The highest BCUT2D eigenvalue weighted by Gasteiger charge is 2.25. The lowest BCUT2D eigenvalue weighted by Gasteiger charge is -2.31. The molecular weight excluding hydrogens is 370 g/mol. The van der Waals surface area contributed by atoms with Crippen molar-refractivity contribution in [2.45, 2.75) is 12.8 Å². The van der Waals surface area contributed by atoms with Gasteiger partial charge >= 0.3 is 11.8 Å². The minimum atomic E-state index is -0.718. The van der Waals surface area contributed by atoms with E-state index in [9.17, 15) is 14.4 Å². The summed E-state index contributed by atoms with van der Waals surface area (Å²) >= 11 is 5.78. The fraction of sp³-hybridized carbons (Fsp3) is 0.316. The molecule has 8 heteroatoms. The van der Waals surface area contributed by atoms with E-state index in [4.69, 9.17) is 16.0 Å². The molecule has 0 radical (unpaired) electrons. The predicted octanol–water partition coefficient (Wildman–Crippen LogP) is 2.54. The summed E-state index contributed by atoms with van der Waals surface area (Å²) in [6.45, 7) is 1.63. The van der Waals surface area contributed by atoms with Crippen molar-refractivity contribution >= 4 is 35.0 Å². The molecule has 27 heavy (non-hydrogen) atoms. The van der Waals surface area contributed by atoms with Crippen LogP contribution >= 0.6 is 11.6 Å². The van der Waals surface area contributed by atoms with Crippen molar-refractivity contribution in [3.05, 3.63) is 53.4 Å². The van der Waals surface area contributed by atoms with Crippen LogP contribution in [0.2, 0.25) is 5.02 Å². The lowest BCUT2D eigenvalue weighted by atomic mass is 9.96. The first-order chi connectivity index (χ1) is 13.0. The molecular formula is C19H20ClN3O4. The summed E-state index contributed by atoms with van der Waals surface area (Å²) in [5.74, 6) is -1.22. The number of piperidine rings is 1. The fourth-order valence-electron chi connectivity index (χ4n) is 2.95. The molecule has 2 N–H and O–H groups in total. The SMILES string of the molecule is O=C(NCC1CCN(C(=O)c2ccoc2)CC1)C(=O)Nc1ccc(Cl)cc1. The van der Waals surface area contributed by atoms with Crippen LogP contribution in [0.15, 0.2) is 47.3 Å². The number of benzene rings is 1. The minimum Gasteiger partial charge on any atom is -0.472 e. The van der Waals surface area contributed by atoms with E-state index in [1.54, 1.807) is 35.2 Å². The zero-order valence-electron chi connectivity index (χ0n) is 14.6. The van der Waals surface area contributed by atoms with Crippen LogP contribution in [0.1, 0.15) is 23.2 Å². The molecule has 7 nitrogen and oxygen atoms in total. The number of carbonyl (C=O) groups is 3. The van der Waals surface area contributed by atoms with Gasteiger partial charge in [-0.2, -0.15) is 0 Å². The minimum absolute atomic E-state index is 0.0476. The van der Waals surface area contributed by atoms with Gasteiger partial charge in [-0.3, -0.25) is 14.4 Å². The van der Waals surface area contributed by atoms with E-state index in [2.05, 4.69) is 10.6 Å². The van der Waals surface area contributed by atoms with E-state index < -0.39 is 11.8 Å². The largest absolute Gasteiger partial charge is 0.472 e. The Morgan fingerprint density at radius 3 is 2.41 bits per heavy atom. The van der Waals surface area contributed by atoms with Crippen molar-refractivity contribution in [2.75, 3.05) is 25.0 Å². The molecule has 1 saturated heterocycles. The second-order valence-corrected chi connectivity index (χ2v) is 6.86. The van der Waals surface area contributed by atoms with Crippen LogP contribution in [0.5, 0.6) is 0 Å². The van der Waals surface area contributed by atoms with Gasteiger partial charge in [-0.05, 0) is 49.1 Å². The topological polar surface area (TPSA) is 91.7 Å². The van der Waals surface area contributed by atoms with Crippen LogP contribution in [0, 0.1) is 5.92 Å². The lowest BCUT2D eigenvalue weighted by Crippen LogP contribution is -2.43. The molecule has 3 rings (SSSR count). The van der Waals surface area contributed by atoms with E-state index in [1.165, 1.54) is 12.5 Å². The summed E-state index contributed by atoms with van der Waals surface area (Å²) in [6, 6.07) is 8.16. The average molecular weight is 390 g/mol. The van der Waals surface area contributed by atoms with Gasteiger partial charge < -0.3 is 20.0 Å². The Labute approximate surface area is 161 Å². The Morgan fingerprint density at radius 2 is 1.78 bits per heavy atom. The number of nitrogens with one attached hydrogen (secondary N) is 2. The molecule has 2 heterocycles. The molecule has 0 saturated carbocycles. The number of amides is 3. The van der Waals surface area contributed by atoms with Gasteiger partial charge in [0.2, 0.25) is 0 Å². The van der Waals surface area contributed by atoms with Crippen molar-refractivity contribution < 1.29 is 18.8 Å². The standard InChI is InChI=1S/C19H20ClN3O4/c20-15-1-3-16(4-2-15)22-18(25)17(24)21-11-13-5-8-23(9-6-13)19(26)14-7-10-27-12-14/h1-4,7,10,12-13H,5-6,8-9,11H2,(H,21,24)(H,22,25). The third-order valence-corrected chi connectivity index (χ3v) is 4.78. The van der Waals surface area contributed by atoms with Crippen LogP contribution in [-0.4, -0.2) is 42.3 Å². The molecule has 1 fully saturated rings. The third kappa shape index (κ3) is 5.10. The highest BCUT2D eigenvalue weighted by molar-refractivity contribution is 6.39. The Morgan fingerprint density at radius 1 is 1.07 bits per heavy atom. The van der Waals surface area contributed by atoms with Gasteiger partial charge in [-0.1, -0.05) is 11.6 Å². The van der Waals surface area contributed by atoms with Crippen molar-refractivity contribution in [3.8, 4) is 0 Å². The number of hydrogen-bond donors (Lipinski definition) is 2. The van der Waals surface area contributed by atoms with Crippen molar-refractivity contribution in [3.63, 3.8) is 0 Å². The summed E-state index contributed by atoms with van der Waals surface area (Å²) in [5.41, 5.74) is 1.05. The van der Waals surface area contributed by atoms with Crippen LogP contribution in [0.25, 0.3) is 0 Å². The van der Waals surface area contributed by atoms with Gasteiger partial charge in [-0.15, -0.1) is 0 Å². The summed E-state index contributed by atoms with van der Waals surface area (Å²) in [7, 11) is 0. The first-order valence-corrected chi connectivity index (χ1v) is 9.07. The van der Waals surface area contributed by atoms with Gasteiger partial charge in [0.05, 0.1) is 11.8 Å². The van der Waals surface area contributed by atoms with Crippen molar-refractivity contribution in [2.24, 2.45) is 5.92 Å². The second kappa shape index (κ2) is 8.73. The number of carbonyl (C=O) groups excluding carboxylic acids is 3. The molecule has 1 aromatic heterocycles. The van der Waals surface area contributed by atoms with Crippen molar-refractivity contribution in [1.29, 1.82) is 0 Å². The number of rotatable bonds is 4. The first-order valence-electron chi connectivity index (χ1n) is 8.69. The highest BCUT2D eigenvalue weighted by atomic mass is 35.5. The van der Waals surface area contributed by atoms with E-state index in [0.29, 0.717) is 35.9 Å². The molecule has 2 aromatic rings. The lowest BCUT2D eigenvalue weighted by molar-refractivity contribution is -0.136. The van der Waals surface area contributed by atoms with Crippen LogP contribution in [0.4, 0.5) is 5.69 Å². The molecule has 3 amide bonds. The summed E-state index contributed by atoms with van der Waals surface area (Å²) in [5, 5.41) is 5.73. The molecule has 0 aliphatic carbocycles. The number of anilines is 1. The van der Waals surface area contributed by atoms with Gasteiger partial charge in [-0.25, -0.2) is 0 Å². The molecule has 0 unspecified atom stereocenters. The number of nitrogens with zero attached hydrogens (tertiary/aromatic N) is 1. The summed E-state index contributed by atoms with van der Waals surface area (Å²) in [4.78, 5) is 37.9. The maximum Gasteiger partial charge on any atom is 0.313 e. The zero-order chi connectivity index (χ0) is 19.2. The third-order valence-electron chi connectivity index (χ3n) is 4.53. The maximum atomic E-state index is 12.3. The Balaban J connectivity index is 1.40. The fourth-order valence-corrected chi connectivity index (χ4v) is 3.07. The van der Waals surface area contributed by atoms with E-state index in [0.717, 1.165) is 12.8 Å². The maximum absolute atomic E-state index is 12.3. The Bertz CT molecular complexity index is 797. The molecule has 0 bridgehead atoms. The quantitative estimate of drug-likeness (QED) is 0.786. The summed E-state index contributed by atoms with van der Waals surface area (Å²) < 4.78 is 4.94. The molecule has 0 atom stereocenters. The van der Waals surface area contributed by atoms with Gasteiger partial charge in [0.15, 0.2) is 0 Å².